The Labute approximate surface area is 79.1 Å². The summed E-state index contributed by atoms with van der Waals surface area (Å²) in [6.45, 7) is 0. The lowest BCUT2D eigenvalue weighted by atomic mass is 10.3. The van der Waals surface area contributed by atoms with Gasteiger partial charge in [0.2, 0.25) is 0 Å². The Balaban J connectivity index is 3.50. The minimum absolute atomic E-state index is 0.569. The topological polar surface area (TPSA) is 113 Å². The second-order valence-corrected chi connectivity index (χ2v) is 3.86. The average molecular weight is 215 g/mol. The van der Waals surface area contributed by atoms with E-state index in [0.29, 0.717) is 0 Å². The normalized spacial score (nSPS) is 10.9. The zero-order valence-corrected chi connectivity index (χ0v) is 7.56. The van der Waals surface area contributed by atoms with Gasteiger partial charge in [-0.2, -0.15) is 13.9 Å². The van der Waals surface area contributed by atoms with Crippen LogP contribution in [0.2, 0.25) is 0 Å². The summed E-state index contributed by atoms with van der Waals surface area (Å²) in [5.41, 5.74) is 5.81. The summed E-state index contributed by atoms with van der Waals surface area (Å²) in [7, 11) is -4.22. The van der Waals surface area contributed by atoms with E-state index in [2.05, 4.69) is 4.52 Å². The molecule has 1 N–H and O–H groups in total. The van der Waals surface area contributed by atoms with Crippen LogP contribution in [0.15, 0.2) is 33.7 Å². The van der Waals surface area contributed by atoms with Gasteiger partial charge in [-0.15, -0.1) is 0 Å². The predicted molar refractivity (Wildman–Crippen MR) is 45.4 cm³/mol. The van der Waals surface area contributed by atoms with Crippen LogP contribution in [0.1, 0.15) is 0 Å². The quantitative estimate of drug-likeness (QED) is 0.465. The van der Waals surface area contributed by atoms with Gasteiger partial charge in [-0.05, 0) is 6.07 Å². The smallest absolute Gasteiger partial charge is 0.258 e. The summed E-state index contributed by atoms with van der Waals surface area (Å²) in [4.78, 5) is 9.02. The maximum Gasteiger partial charge on any atom is 0.306 e. The zero-order chi connectivity index (χ0) is 10.8. The standard InChI is InChI=1S/C6H5N3O4S/c7-8-14(12,13)6-4-2-1-3-5(6)9(10)11/h1-4,7H. The molecule has 0 aliphatic carbocycles. The first-order valence-corrected chi connectivity index (χ1v) is 4.80. The summed E-state index contributed by atoms with van der Waals surface area (Å²) in [6.07, 6.45) is 0. The molecule has 0 aliphatic heterocycles. The van der Waals surface area contributed by atoms with Gasteiger partial charge in [0.05, 0.1) is 4.92 Å². The molecule has 0 radical (unpaired) electrons. The van der Waals surface area contributed by atoms with Gasteiger partial charge < -0.3 is 0 Å². The number of nitro benzene ring substituents is 1. The summed E-state index contributed by atoms with van der Waals surface area (Å²) < 4.78 is 24.5. The molecule has 1 rings (SSSR count). The first-order chi connectivity index (χ1) is 6.49. The van der Waals surface area contributed by atoms with Gasteiger partial charge in [0.15, 0.2) is 4.90 Å². The number of para-hydroxylation sites is 1. The minimum atomic E-state index is -4.22. The van der Waals surface area contributed by atoms with Gasteiger partial charge in [0.1, 0.15) is 0 Å². The number of benzene rings is 1. The highest BCUT2D eigenvalue weighted by Crippen LogP contribution is 2.24. The molecule has 0 aliphatic rings. The first kappa shape index (κ1) is 10.3. The van der Waals surface area contributed by atoms with Crippen LogP contribution < -0.4 is 0 Å². The molecule has 14 heavy (non-hydrogen) atoms. The lowest BCUT2D eigenvalue weighted by Gasteiger charge is -1.97. The molecule has 0 heterocycles. The number of hydrogen-bond acceptors (Lipinski definition) is 5. The Morgan fingerprint density at radius 1 is 1.36 bits per heavy atom. The number of nitrogens with zero attached hydrogens (tertiary/aromatic N) is 2. The fourth-order valence-corrected chi connectivity index (χ4v) is 1.63. The lowest BCUT2D eigenvalue weighted by molar-refractivity contribution is -0.387. The van der Waals surface area contributed by atoms with Crippen molar-refractivity contribution < 1.29 is 13.3 Å². The molecule has 0 atom stereocenters. The maximum absolute atomic E-state index is 11.1. The van der Waals surface area contributed by atoms with Crippen molar-refractivity contribution in [3.05, 3.63) is 34.4 Å². The van der Waals surface area contributed by atoms with E-state index in [0.717, 1.165) is 12.1 Å². The van der Waals surface area contributed by atoms with Gasteiger partial charge in [0.25, 0.3) is 5.69 Å². The Morgan fingerprint density at radius 3 is 2.43 bits per heavy atom. The third-order valence-corrected chi connectivity index (χ3v) is 2.60. The van der Waals surface area contributed by atoms with Crippen LogP contribution >= 0.6 is 0 Å². The molecule has 0 fully saturated rings. The second-order valence-electron chi connectivity index (χ2n) is 2.29. The largest absolute Gasteiger partial charge is 0.306 e. The molecule has 0 spiro atoms. The van der Waals surface area contributed by atoms with E-state index >= 15 is 0 Å². The van der Waals surface area contributed by atoms with Crippen LogP contribution in [0.3, 0.4) is 0 Å². The van der Waals surface area contributed by atoms with Crippen molar-refractivity contribution >= 4 is 15.7 Å². The van der Waals surface area contributed by atoms with Crippen LogP contribution in [0, 0.1) is 15.6 Å². The Hall–Kier alpha value is -1.83. The van der Waals surface area contributed by atoms with Crippen LogP contribution in [0.5, 0.6) is 0 Å². The minimum Gasteiger partial charge on any atom is -0.258 e. The van der Waals surface area contributed by atoms with Gasteiger partial charge in [-0.1, -0.05) is 16.7 Å². The molecule has 1 aromatic carbocycles. The van der Waals surface area contributed by atoms with Crippen LogP contribution in [-0.4, -0.2) is 13.3 Å². The number of hydrogen-bond donors (Lipinski definition) is 1. The highest BCUT2D eigenvalue weighted by Gasteiger charge is 2.24. The SMILES string of the molecule is N=NS(=O)(=O)c1ccccc1[N+](=O)[O-]. The molecule has 0 aromatic heterocycles. The van der Waals surface area contributed by atoms with Gasteiger partial charge >= 0.3 is 10.0 Å². The predicted octanol–water partition coefficient (Wildman–Crippen LogP) is 1.31. The molecule has 0 amide bonds. The second kappa shape index (κ2) is 3.50. The number of sulfonamides is 1. The Morgan fingerprint density at radius 2 is 1.93 bits per heavy atom. The van der Waals surface area contributed by atoms with E-state index in [-0.39, 0.29) is 0 Å². The monoisotopic (exact) mass is 215 g/mol. The van der Waals surface area contributed by atoms with E-state index in [4.69, 9.17) is 5.53 Å². The fraction of sp³-hybridized carbons (Fsp3) is 0. The van der Waals surface area contributed by atoms with E-state index in [9.17, 15) is 18.5 Å². The molecule has 8 heteroatoms. The van der Waals surface area contributed by atoms with Crippen molar-refractivity contribution in [2.24, 2.45) is 4.52 Å². The van der Waals surface area contributed by atoms with Crippen LogP contribution in [0.25, 0.3) is 0 Å². The summed E-state index contributed by atoms with van der Waals surface area (Å²) in [6, 6.07) is 4.73. The molecule has 0 saturated heterocycles. The van der Waals surface area contributed by atoms with E-state index in [1.807, 2.05) is 0 Å². The molecule has 0 saturated carbocycles. The molecular weight excluding hydrogens is 210 g/mol. The van der Waals surface area contributed by atoms with E-state index in [1.165, 1.54) is 12.1 Å². The van der Waals surface area contributed by atoms with Crippen molar-refractivity contribution in [3.8, 4) is 0 Å². The fourth-order valence-electron chi connectivity index (χ4n) is 0.875. The molecule has 1 aromatic rings. The van der Waals surface area contributed by atoms with Gasteiger partial charge in [-0.3, -0.25) is 10.1 Å². The summed E-state index contributed by atoms with van der Waals surface area (Å²) in [5.74, 6) is 0. The van der Waals surface area contributed by atoms with Gasteiger partial charge in [-0.25, -0.2) is 0 Å². The average Bonchev–Trinajstić information content (AvgIpc) is 2.18. The van der Waals surface area contributed by atoms with Crippen molar-refractivity contribution in [3.63, 3.8) is 0 Å². The van der Waals surface area contributed by atoms with Crippen molar-refractivity contribution in [1.82, 2.24) is 0 Å². The van der Waals surface area contributed by atoms with Crippen LogP contribution in [0.4, 0.5) is 5.69 Å². The molecule has 0 bridgehead atoms. The first-order valence-electron chi connectivity index (χ1n) is 3.36. The molecular formula is C6H5N3O4S. The lowest BCUT2D eigenvalue weighted by Crippen LogP contribution is -2.00. The number of rotatable bonds is 3. The van der Waals surface area contributed by atoms with Gasteiger partial charge in [0, 0.05) is 6.07 Å². The Kier molecular flexibility index (Phi) is 2.56. The highest BCUT2D eigenvalue weighted by molar-refractivity contribution is 7.90. The van der Waals surface area contributed by atoms with E-state index < -0.39 is 25.5 Å². The zero-order valence-electron chi connectivity index (χ0n) is 6.75. The number of nitrogens with one attached hydrogen (secondary N) is 1. The van der Waals surface area contributed by atoms with Crippen LogP contribution in [-0.2, 0) is 10.0 Å². The molecule has 7 nitrogen and oxygen atoms in total. The molecule has 74 valence electrons. The van der Waals surface area contributed by atoms with E-state index in [1.54, 1.807) is 0 Å². The van der Waals surface area contributed by atoms with Crippen molar-refractivity contribution in [2.75, 3.05) is 0 Å². The Bertz CT molecular complexity index is 482. The summed E-state index contributed by atoms with van der Waals surface area (Å²) >= 11 is 0. The summed E-state index contributed by atoms with van der Waals surface area (Å²) in [5, 5.41) is 10.4. The maximum atomic E-state index is 11.1. The molecule has 0 unspecified atom stereocenters. The van der Waals surface area contributed by atoms with Crippen molar-refractivity contribution in [1.29, 1.82) is 5.53 Å². The number of nitro groups is 1. The third kappa shape index (κ3) is 1.74. The van der Waals surface area contributed by atoms with Crippen molar-refractivity contribution in [2.45, 2.75) is 4.90 Å². The third-order valence-electron chi connectivity index (χ3n) is 1.46. The highest BCUT2D eigenvalue weighted by atomic mass is 32.2.